The van der Waals surface area contributed by atoms with E-state index in [2.05, 4.69) is 24.1 Å². The van der Waals surface area contributed by atoms with E-state index in [9.17, 15) is 9.90 Å². The van der Waals surface area contributed by atoms with E-state index in [-0.39, 0.29) is 0 Å². The van der Waals surface area contributed by atoms with Gasteiger partial charge in [0.15, 0.2) is 0 Å². The van der Waals surface area contributed by atoms with Gasteiger partial charge in [-0.2, -0.15) is 0 Å². The van der Waals surface area contributed by atoms with Crippen molar-refractivity contribution in [2.75, 3.05) is 26.8 Å². The van der Waals surface area contributed by atoms with E-state index in [0.29, 0.717) is 24.9 Å². The first-order valence-electron chi connectivity index (χ1n) is 8.19. The van der Waals surface area contributed by atoms with Crippen molar-refractivity contribution in [2.24, 2.45) is 0 Å². The summed E-state index contributed by atoms with van der Waals surface area (Å²) in [4.78, 5) is 14.1. The number of rotatable bonds is 12. The van der Waals surface area contributed by atoms with Crippen molar-refractivity contribution in [2.45, 2.75) is 70.5 Å². The van der Waals surface area contributed by atoms with Crippen LogP contribution in [0.1, 0.15) is 52.9 Å². The Morgan fingerprint density at radius 1 is 1.43 bits per heavy atom. The van der Waals surface area contributed by atoms with Gasteiger partial charge in [0.1, 0.15) is 5.54 Å². The summed E-state index contributed by atoms with van der Waals surface area (Å²) in [5, 5.41) is 13.0. The number of nitrogens with one attached hydrogen (secondary N) is 1. The zero-order chi connectivity index (χ0) is 15.9. The van der Waals surface area contributed by atoms with Crippen molar-refractivity contribution in [1.29, 1.82) is 0 Å². The molecular weight excluding hydrogens is 268 g/mol. The Labute approximate surface area is 129 Å². The summed E-state index contributed by atoms with van der Waals surface area (Å²) in [5.41, 5.74) is -0.745. The average molecular weight is 300 g/mol. The number of carboxylic acid groups (broad SMARTS) is 1. The van der Waals surface area contributed by atoms with Crippen LogP contribution < -0.4 is 5.32 Å². The molecule has 5 heteroatoms. The van der Waals surface area contributed by atoms with Gasteiger partial charge in [0.25, 0.3) is 0 Å². The summed E-state index contributed by atoms with van der Waals surface area (Å²) in [6, 6.07) is 0.869. The van der Waals surface area contributed by atoms with E-state index in [1.807, 2.05) is 6.92 Å². The maximum atomic E-state index is 11.7. The molecule has 0 aromatic heterocycles. The zero-order valence-electron chi connectivity index (χ0n) is 14.0. The molecule has 1 aliphatic rings. The van der Waals surface area contributed by atoms with Gasteiger partial charge in [-0.1, -0.05) is 6.92 Å². The van der Waals surface area contributed by atoms with Crippen molar-refractivity contribution in [3.63, 3.8) is 0 Å². The van der Waals surface area contributed by atoms with Gasteiger partial charge >= 0.3 is 5.97 Å². The third kappa shape index (κ3) is 5.93. The van der Waals surface area contributed by atoms with Crippen molar-refractivity contribution in [3.8, 4) is 0 Å². The SMILES string of the molecule is CCC(CCCN(CCOC)C(C)C)(NC1CC1)C(=O)O. The number of hydrogen-bond acceptors (Lipinski definition) is 4. The Bertz CT molecular complexity index is 319. The van der Waals surface area contributed by atoms with Crippen LogP contribution in [-0.4, -0.2) is 60.4 Å². The second-order valence-electron chi connectivity index (χ2n) is 6.39. The molecule has 0 radical (unpaired) electrons. The molecule has 0 aromatic rings. The van der Waals surface area contributed by atoms with Crippen LogP contribution in [0.25, 0.3) is 0 Å². The van der Waals surface area contributed by atoms with E-state index < -0.39 is 11.5 Å². The summed E-state index contributed by atoms with van der Waals surface area (Å²) >= 11 is 0. The number of nitrogens with zero attached hydrogens (tertiary/aromatic N) is 1. The van der Waals surface area contributed by atoms with Gasteiger partial charge in [-0.3, -0.25) is 15.0 Å². The molecule has 5 nitrogen and oxygen atoms in total. The van der Waals surface area contributed by atoms with Gasteiger partial charge in [-0.25, -0.2) is 0 Å². The molecule has 1 fully saturated rings. The molecule has 124 valence electrons. The number of hydrogen-bond donors (Lipinski definition) is 2. The van der Waals surface area contributed by atoms with Crippen molar-refractivity contribution >= 4 is 5.97 Å². The molecule has 2 N–H and O–H groups in total. The van der Waals surface area contributed by atoms with Crippen LogP contribution in [0.4, 0.5) is 0 Å². The van der Waals surface area contributed by atoms with Crippen LogP contribution in [0, 0.1) is 0 Å². The highest BCUT2D eigenvalue weighted by Gasteiger charge is 2.40. The Morgan fingerprint density at radius 3 is 2.52 bits per heavy atom. The highest BCUT2D eigenvalue weighted by atomic mass is 16.5. The van der Waals surface area contributed by atoms with Crippen LogP contribution in [0.2, 0.25) is 0 Å². The summed E-state index contributed by atoms with van der Waals surface area (Å²) in [5.74, 6) is -0.704. The highest BCUT2D eigenvalue weighted by molar-refractivity contribution is 5.78. The number of carboxylic acids is 1. The number of aliphatic carboxylic acids is 1. The molecule has 0 saturated heterocycles. The molecule has 1 saturated carbocycles. The molecule has 0 bridgehead atoms. The van der Waals surface area contributed by atoms with Crippen molar-refractivity contribution < 1.29 is 14.6 Å². The minimum absolute atomic E-state index is 0.413. The first-order valence-corrected chi connectivity index (χ1v) is 8.19. The minimum Gasteiger partial charge on any atom is -0.480 e. The third-order valence-corrected chi connectivity index (χ3v) is 4.43. The Balaban J connectivity index is 2.49. The maximum Gasteiger partial charge on any atom is 0.323 e. The first kappa shape index (κ1) is 18.4. The van der Waals surface area contributed by atoms with E-state index in [4.69, 9.17) is 4.74 Å². The molecule has 1 rings (SSSR count). The second-order valence-corrected chi connectivity index (χ2v) is 6.39. The molecule has 21 heavy (non-hydrogen) atoms. The lowest BCUT2D eigenvalue weighted by atomic mass is 9.90. The summed E-state index contributed by atoms with van der Waals surface area (Å²) in [7, 11) is 1.71. The van der Waals surface area contributed by atoms with Gasteiger partial charge in [-0.15, -0.1) is 0 Å². The fourth-order valence-electron chi connectivity index (χ4n) is 2.71. The Hall–Kier alpha value is -0.650. The predicted molar refractivity (Wildman–Crippen MR) is 84.6 cm³/mol. The van der Waals surface area contributed by atoms with E-state index >= 15 is 0 Å². The van der Waals surface area contributed by atoms with Crippen LogP contribution >= 0.6 is 0 Å². The molecule has 0 spiro atoms. The molecule has 1 unspecified atom stereocenters. The number of methoxy groups -OCH3 is 1. The van der Waals surface area contributed by atoms with Crippen LogP contribution in [0.15, 0.2) is 0 Å². The second kappa shape index (κ2) is 8.71. The topological polar surface area (TPSA) is 61.8 Å². The largest absolute Gasteiger partial charge is 0.480 e. The number of carbonyl (C=O) groups is 1. The van der Waals surface area contributed by atoms with Crippen molar-refractivity contribution in [1.82, 2.24) is 10.2 Å². The quantitative estimate of drug-likeness (QED) is 0.578. The summed E-state index contributed by atoms with van der Waals surface area (Å²) in [6.07, 6.45) is 4.44. The molecule has 0 amide bonds. The molecule has 0 aromatic carbocycles. The Morgan fingerprint density at radius 2 is 2.10 bits per heavy atom. The summed E-state index contributed by atoms with van der Waals surface area (Å²) in [6.45, 7) is 8.84. The van der Waals surface area contributed by atoms with E-state index in [1.54, 1.807) is 7.11 Å². The lowest BCUT2D eigenvalue weighted by molar-refractivity contribution is -0.145. The normalized spacial score (nSPS) is 18.2. The smallest absolute Gasteiger partial charge is 0.323 e. The maximum absolute atomic E-state index is 11.7. The Kier molecular flexibility index (Phi) is 7.63. The summed E-state index contributed by atoms with van der Waals surface area (Å²) < 4.78 is 5.14. The molecule has 0 aliphatic heterocycles. The van der Waals surface area contributed by atoms with Gasteiger partial charge in [0, 0.05) is 25.7 Å². The van der Waals surface area contributed by atoms with E-state index in [0.717, 1.165) is 39.0 Å². The lowest BCUT2D eigenvalue weighted by Gasteiger charge is -2.32. The van der Waals surface area contributed by atoms with E-state index in [1.165, 1.54) is 0 Å². The molecule has 1 atom stereocenters. The average Bonchev–Trinajstić information content (AvgIpc) is 3.24. The minimum atomic E-state index is -0.745. The fraction of sp³-hybridized carbons (Fsp3) is 0.938. The van der Waals surface area contributed by atoms with Crippen molar-refractivity contribution in [3.05, 3.63) is 0 Å². The van der Waals surface area contributed by atoms with Crippen LogP contribution in [0.5, 0.6) is 0 Å². The van der Waals surface area contributed by atoms with Gasteiger partial charge in [0.2, 0.25) is 0 Å². The number of ether oxygens (including phenoxy) is 1. The molecule has 1 aliphatic carbocycles. The monoisotopic (exact) mass is 300 g/mol. The van der Waals surface area contributed by atoms with Gasteiger partial charge < -0.3 is 9.84 Å². The van der Waals surface area contributed by atoms with Gasteiger partial charge in [-0.05, 0) is 52.5 Å². The first-order chi connectivity index (χ1) is 9.95. The standard InChI is InChI=1S/C16H32N2O3/c1-5-16(15(19)20,17-14-7-8-14)9-6-10-18(13(2)3)11-12-21-4/h13-14,17H,5-12H2,1-4H3,(H,19,20). The predicted octanol–water partition coefficient (Wildman–Crippen LogP) is 2.11. The highest BCUT2D eigenvalue weighted by Crippen LogP contribution is 2.27. The third-order valence-electron chi connectivity index (χ3n) is 4.43. The van der Waals surface area contributed by atoms with Crippen LogP contribution in [0.3, 0.4) is 0 Å². The van der Waals surface area contributed by atoms with Crippen LogP contribution in [-0.2, 0) is 9.53 Å². The lowest BCUT2D eigenvalue weighted by Crippen LogP contribution is -2.53. The molecular formula is C16H32N2O3. The zero-order valence-corrected chi connectivity index (χ0v) is 14.0. The van der Waals surface area contributed by atoms with Gasteiger partial charge in [0.05, 0.1) is 6.61 Å². The molecule has 0 heterocycles. The fourth-order valence-corrected chi connectivity index (χ4v) is 2.71.